The lowest BCUT2D eigenvalue weighted by Crippen LogP contribution is -2.54. The first-order chi connectivity index (χ1) is 17.5. The molecule has 36 heavy (non-hydrogen) atoms. The molecular formula is C28H29FN4O3. The molecule has 4 atom stereocenters. The maximum absolute atomic E-state index is 14.0. The Morgan fingerprint density at radius 3 is 2.50 bits per heavy atom. The van der Waals surface area contributed by atoms with E-state index < -0.39 is 11.6 Å². The number of aromatic nitrogens is 1. The number of allylic oxidation sites excluding steroid dienone is 2. The molecule has 2 aliphatic carbocycles. The van der Waals surface area contributed by atoms with Crippen LogP contribution in [0.15, 0.2) is 60.9 Å². The summed E-state index contributed by atoms with van der Waals surface area (Å²) in [4.78, 5) is 47.8. The van der Waals surface area contributed by atoms with Gasteiger partial charge >= 0.3 is 6.03 Å². The first kappa shape index (κ1) is 22.9. The number of nitrogens with one attached hydrogen (secondary N) is 1. The highest BCUT2D eigenvalue weighted by Gasteiger charge is 2.57. The summed E-state index contributed by atoms with van der Waals surface area (Å²) in [6.45, 7) is 1.18. The molecule has 2 aromatic rings. The molecule has 2 saturated heterocycles. The Morgan fingerprint density at radius 2 is 1.86 bits per heavy atom. The summed E-state index contributed by atoms with van der Waals surface area (Å²) in [6, 6.07) is 8.91. The number of carbonyl (C=O) groups excluding carboxylic acids is 3. The summed E-state index contributed by atoms with van der Waals surface area (Å²) in [5.41, 5.74) is 0.0746. The van der Waals surface area contributed by atoms with Gasteiger partial charge in [-0.3, -0.25) is 19.5 Å². The van der Waals surface area contributed by atoms with Crippen LogP contribution in [0.5, 0.6) is 0 Å². The predicted octanol–water partition coefficient (Wildman–Crippen LogP) is 3.62. The third kappa shape index (κ3) is 3.70. The Labute approximate surface area is 209 Å². The van der Waals surface area contributed by atoms with Gasteiger partial charge in [-0.15, -0.1) is 0 Å². The topological polar surface area (TPSA) is 82.6 Å². The van der Waals surface area contributed by atoms with E-state index in [1.54, 1.807) is 30.6 Å². The maximum atomic E-state index is 14.0. The number of fused-ring (bicyclic) bond motifs is 2. The number of pyridine rings is 1. The Balaban J connectivity index is 1.23. The number of hydrogen-bond acceptors (Lipinski definition) is 4. The van der Waals surface area contributed by atoms with E-state index in [4.69, 9.17) is 0 Å². The van der Waals surface area contributed by atoms with Crippen LogP contribution in [0.25, 0.3) is 0 Å². The summed E-state index contributed by atoms with van der Waals surface area (Å²) in [5.74, 6) is 0.311. The number of likely N-dealkylation sites (tertiary alicyclic amines) is 1. The molecule has 8 heteroatoms. The van der Waals surface area contributed by atoms with E-state index in [0.717, 1.165) is 12.8 Å². The average molecular weight is 489 g/mol. The highest BCUT2D eigenvalue weighted by molar-refractivity contribution is 6.07. The van der Waals surface area contributed by atoms with Crippen LogP contribution in [-0.2, 0) is 21.7 Å². The number of hydrogen-bond donors (Lipinski definition) is 1. The van der Waals surface area contributed by atoms with E-state index in [9.17, 15) is 18.8 Å². The zero-order valence-corrected chi connectivity index (χ0v) is 20.0. The van der Waals surface area contributed by atoms with Crippen LogP contribution in [0, 0.1) is 29.5 Å². The van der Waals surface area contributed by atoms with Crippen molar-refractivity contribution in [3.63, 3.8) is 0 Å². The molecule has 0 radical (unpaired) electrons. The minimum Gasteiger partial charge on any atom is -0.342 e. The number of halogens is 1. The van der Waals surface area contributed by atoms with Crippen molar-refractivity contribution in [1.82, 2.24) is 20.1 Å². The van der Waals surface area contributed by atoms with E-state index >= 15 is 0 Å². The molecule has 2 aliphatic heterocycles. The predicted molar refractivity (Wildman–Crippen MR) is 130 cm³/mol. The molecule has 1 saturated carbocycles. The number of urea groups is 1. The molecule has 2 bridgehead atoms. The number of benzene rings is 1. The summed E-state index contributed by atoms with van der Waals surface area (Å²) in [5, 5.41) is 3.02. The van der Waals surface area contributed by atoms with Gasteiger partial charge in [-0.1, -0.05) is 30.4 Å². The van der Waals surface area contributed by atoms with Gasteiger partial charge in [0, 0.05) is 37.0 Å². The van der Waals surface area contributed by atoms with Gasteiger partial charge in [-0.2, -0.15) is 0 Å². The van der Waals surface area contributed by atoms with E-state index in [1.807, 2.05) is 11.0 Å². The molecule has 186 valence electrons. The highest BCUT2D eigenvalue weighted by Crippen LogP contribution is 2.46. The number of nitrogens with zero attached hydrogens (tertiary/aromatic N) is 3. The Kier molecular flexibility index (Phi) is 5.62. The Hall–Kier alpha value is -3.55. The van der Waals surface area contributed by atoms with Crippen molar-refractivity contribution in [3.8, 4) is 0 Å². The molecule has 1 aromatic heterocycles. The lowest BCUT2D eigenvalue weighted by molar-refractivity contribution is -0.139. The molecule has 3 fully saturated rings. The third-order valence-electron chi connectivity index (χ3n) is 8.52. The normalized spacial score (nSPS) is 29.8. The largest absolute Gasteiger partial charge is 0.342 e. The third-order valence-corrected chi connectivity index (χ3v) is 8.52. The van der Waals surface area contributed by atoms with Crippen molar-refractivity contribution < 1.29 is 18.8 Å². The molecule has 1 unspecified atom stereocenters. The van der Waals surface area contributed by atoms with Crippen LogP contribution in [0.1, 0.15) is 36.8 Å². The minimum absolute atomic E-state index is 0.0576. The van der Waals surface area contributed by atoms with Gasteiger partial charge in [-0.05, 0) is 67.2 Å². The Morgan fingerprint density at radius 1 is 1.08 bits per heavy atom. The summed E-state index contributed by atoms with van der Waals surface area (Å²) < 4.78 is 13.4. The van der Waals surface area contributed by atoms with Gasteiger partial charge in [-0.25, -0.2) is 9.18 Å². The van der Waals surface area contributed by atoms with Gasteiger partial charge < -0.3 is 10.2 Å². The summed E-state index contributed by atoms with van der Waals surface area (Å²) in [6.07, 6.45) is 10.9. The van der Waals surface area contributed by atoms with Crippen molar-refractivity contribution in [1.29, 1.82) is 0 Å². The van der Waals surface area contributed by atoms with Gasteiger partial charge in [0.05, 0.1) is 6.54 Å². The first-order valence-electron chi connectivity index (χ1n) is 12.7. The number of amides is 4. The van der Waals surface area contributed by atoms with E-state index in [0.29, 0.717) is 48.9 Å². The van der Waals surface area contributed by atoms with E-state index in [-0.39, 0.29) is 36.0 Å². The van der Waals surface area contributed by atoms with Crippen molar-refractivity contribution in [2.24, 2.45) is 23.7 Å². The first-order valence-corrected chi connectivity index (χ1v) is 12.7. The van der Waals surface area contributed by atoms with Gasteiger partial charge in [0.2, 0.25) is 5.91 Å². The summed E-state index contributed by atoms with van der Waals surface area (Å²) in [7, 11) is 0. The average Bonchev–Trinajstić information content (AvgIpc) is 3.61. The fourth-order valence-electron chi connectivity index (χ4n) is 6.65. The van der Waals surface area contributed by atoms with Gasteiger partial charge in [0.15, 0.2) is 5.54 Å². The number of rotatable bonds is 5. The second kappa shape index (κ2) is 8.84. The number of carbonyl (C=O) groups is 3. The van der Waals surface area contributed by atoms with Gasteiger partial charge in [0.25, 0.3) is 5.91 Å². The fraction of sp³-hybridized carbons (Fsp3) is 0.429. The lowest BCUT2D eigenvalue weighted by atomic mass is 9.73. The monoisotopic (exact) mass is 488 g/mol. The van der Waals surface area contributed by atoms with Crippen molar-refractivity contribution in [3.05, 3.63) is 77.9 Å². The zero-order valence-electron chi connectivity index (χ0n) is 20.0. The molecule has 3 heterocycles. The second-order valence-electron chi connectivity index (χ2n) is 10.5. The zero-order chi connectivity index (χ0) is 24.9. The van der Waals surface area contributed by atoms with E-state index in [2.05, 4.69) is 22.5 Å². The molecule has 6 rings (SSSR count). The van der Waals surface area contributed by atoms with Crippen molar-refractivity contribution in [2.45, 2.75) is 37.8 Å². The molecule has 4 aliphatic rings. The van der Waals surface area contributed by atoms with Crippen LogP contribution in [-0.4, -0.2) is 45.7 Å². The van der Waals surface area contributed by atoms with Crippen LogP contribution in [0.2, 0.25) is 0 Å². The second-order valence-corrected chi connectivity index (χ2v) is 10.5. The molecule has 0 spiro atoms. The lowest BCUT2D eigenvalue weighted by Gasteiger charge is -2.41. The molecule has 1 N–H and O–H groups in total. The van der Waals surface area contributed by atoms with Crippen LogP contribution >= 0.6 is 0 Å². The van der Waals surface area contributed by atoms with Crippen LogP contribution in [0.3, 0.4) is 0 Å². The number of piperidine rings is 1. The van der Waals surface area contributed by atoms with Gasteiger partial charge in [0.1, 0.15) is 5.82 Å². The van der Waals surface area contributed by atoms with Crippen molar-refractivity contribution in [2.75, 3.05) is 13.1 Å². The van der Waals surface area contributed by atoms with E-state index in [1.165, 1.54) is 17.0 Å². The SMILES string of the molecule is O=C([C@@H]1C[C@H]2C=C[C@@H]1C2)N1CCC(C2(c3cccnc3)NC(=O)N(Cc3ccc(F)cc3)C2=O)CC1. The Bertz CT molecular complexity index is 1210. The van der Waals surface area contributed by atoms with Crippen LogP contribution in [0.4, 0.5) is 9.18 Å². The minimum atomic E-state index is -1.24. The molecule has 7 nitrogen and oxygen atoms in total. The quantitative estimate of drug-likeness (QED) is 0.515. The molecule has 1 aromatic carbocycles. The van der Waals surface area contributed by atoms with Crippen LogP contribution < -0.4 is 5.32 Å². The van der Waals surface area contributed by atoms with Crippen molar-refractivity contribution >= 4 is 17.8 Å². The standard InChI is InChI=1S/C28H29FN4O3/c29-23-7-4-18(5-8-23)17-33-26(35)28(31-27(33)36,22-2-1-11-30-16-22)21-9-12-32(13-10-21)25(34)24-15-19-3-6-20(24)14-19/h1-8,11,16,19-21,24H,9-10,12-15,17H2,(H,31,36)/t19-,20+,24+,28?/m0/s1. The summed E-state index contributed by atoms with van der Waals surface area (Å²) >= 11 is 0. The maximum Gasteiger partial charge on any atom is 0.325 e. The smallest absolute Gasteiger partial charge is 0.325 e. The molecule has 4 amide bonds. The fourth-order valence-corrected chi connectivity index (χ4v) is 6.65. The highest BCUT2D eigenvalue weighted by atomic mass is 19.1. The number of imide groups is 1. The molecular weight excluding hydrogens is 459 g/mol.